The first-order valence-corrected chi connectivity index (χ1v) is 5.75. The maximum Gasteiger partial charge on any atom is 0.339 e. The van der Waals surface area contributed by atoms with Gasteiger partial charge in [0.25, 0.3) is 0 Å². The Kier molecular flexibility index (Phi) is 2.72. The minimum atomic E-state index is -0.483. The topological polar surface area (TPSA) is 69.6 Å². The largest absolute Gasteiger partial charge is 0.465 e. The fourth-order valence-electron chi connectivity index (χ4n) is 1.76. The highest BCUT2D eigenvalue weighted by molar-refractivity contribution is 6.33. The van der Waals surface area contributed by atoms with E-state index in [1.165, 1.54) is 19.4 Å². The number of pyridine rings is 1. The van der Waals surface area contributed by atoms with Crippen molar-refractivity contribution in [3.63, 3.8) is 0 Å². The van der Waals surface area contributed by atoms with Crippen LogP contribution in [0.2, 0.25) is 5.02 Å². The zero-order valence-corrected chi connectivity index (χ0v) is 10.6. The van der Waals surface area contributed by atoms with Crippen molar-refractivity contribution >= 4 is 23.2 Å². The molecule has 3 heterocycles. The first kappa shape index (κ1) is 11.7. The van der Waals surface area contributed by atoms with E-state index in [2.05, 4.69) is 14.9 Å². The van der Waals surface area contributed by atoms with Gasteiger partial charge in [-0.05, 0) is 18.2 Å². The van der Waals surface area contributed by atoms with Gasteiger partial charge in [-0.15, -0.1) is 10.2 Å². The molecule has 96 valence electrons. The molecule has 0 aliphatic heterocycles. The summed E-state index contributed by atoms with van der Waals surface area (Å²) < 4.78 is 11.5. The summed E-state index contributed by atoms with van der Waals surface area (Å²) in [6.07, 6.45) is 3.09. The second-order valence-electron chi connectivity index (χ2n) is 3.76. The van der Waals surface area contributed by atoms with Crippen LogP contribution in [0, 0.1) is 0 Å². The summed E-state index contributed by atoms with van der Waals surface area (Å²) in [5.74, 6) is 0.515. The summed E-state index contributed by atoms with van der Waals surface area (Å²) in [5, 5.41) is 8.29. The molecule has 0 aliphatic rings. The third-order valence-corrected chi connectivity index (χ3v) is 2.90. The van der Waals surface area contributed by atoms with E-state index >= 15 is 0 Å². The zero-order valence-electron chi connectivity index (χ0n) is 9.83. The average molecular weight is 278 g/mol. The lowest BCUT2D eigenvalue weighted by Crippen LogP contribution is -2.03. The van der Waals surface area contributed by atoms with Gasteiger partial charge in [-0.2, -0.15) is 0 Å². The molecule has 0 unspecified atom stereocenters. The van der Waals surface area contributed by atoms with Gasteiger partial charge >= 0.3 is 5.97 Å². The summed E-state index contributed by atoms with van der Waals surface area (Å²) in [6, 6.07) is 4.97. The molecule has 6 nitrogen and oxygen atoms in total. The molecule has 0 atom stereocenters. The number of halogens is 1. The van der Waals surface area contributed by atoms with Gasteiger partial charge in [0.1, 0.15) is 0 Å². The van der Waals surface area contributed by atoms with Crippen LogP contribution in [-0.4, -0.2) is 27.7 Å². The first-order valence-electron chi connectivity index (χ1n) is 5.37. The number of furan rings is 1. The number of aromatic nitrogens is 3. The van der Waals surface area contributed by atoms with Crippen LogP contribution >= 0.6 is 11.6 Å². The van der Waals surface area contributed by atoms with Crippen LogP contribution in [-0.2, 0) is 4.74 Å². The molecule has 3 rings (SSSR count). The summed E-state index contributed by atoms with van der Waals surface area (Å²) in [5.41, 5.74) is 0.758. The van der Waals surface area contributed by atoms with E-state index in [4.69, 9.17) is 16.0 Å². The molecule has 0 bridgehead atoms. The van der Waals surface area contributed by atoms with Gasteiger partial charge in [-0.3, -0.25) is 4.40 Å². The van der Waals surface area contributed by atoms with Crippen LogP contribution in [0.3, 0.4) is 0 Å². The van der Waals surface area contributed by atoms with Crippen LogP contribution in [0.4, 0.5) is 0 Å². The lowest BCUT2D eigenvalue weighted by Gasteiger charge is -2.03. The predicted octanol–water partition coefficient (Wildman–Crippen LogP) is 2.43. The predicted molar refractivity (Wildman–Crippen MR) is 67.0 cm³/mol. The van der Waals surface area contributed by atoms with E-state index in [0.717, 1.165) is 0 Å². The van der Waals surface area contributed by atoms with Gasteiger partial charge in [0.05, 0.1) is 24.0 Å². The average Bonchev–Trinajstić information content (AvgIpc) is 3.05. The molecule has 0 spiro atoms. The molecule has 3 aromatic rings. The van der Waals surface area contributed by atoms with Crippen LogP contribution in [0.25, 0.3) is 17.2 Å². The SMILES string of the molecule is COC(=O)c1cc(Cl)c2nnc(-c3ccco3)n2c1. The third kappa shape index (κ3) is 1.86. The molecule has 19 heavy (non-hydrogen) atoms. The molecule has 0 radical (unpaired) electrons. The summed E-state index contributed by atoms with van der Waals surface area (Å²) in [4.78, 5) is 11.6. The summed E-state index contributed by atoms with van der Waals surface area (Å²) >= 11 is 6.08. The Morgan fingerprint density at radius 2 is 2.32 bits per heavy atom. The molecule has 0 aliphatic carbocycles. The monoisotopic (exact) mass is 277 g/mol. The second kappa shape index (κ2) is 4.40. The van der Waals surface area contributed by atoms with E-state index in [0.29, 0.717) is 27.8 Å². The Hall–Kier alpha value is -2.34. The Morgan fingerprint density at radius 1 is 1.47 bits per heavy atom. The number of nitrogens with zero attached hydrogens (tertiary/aromatic N) is 3. The Morgan fingerprint density at radius 3 is 3.00 bits per heavy atom. The molecule has 0 N–H and O–H groups in total. The van der Waals surface area contributed by atoms with Gasteiger partial charge in [0.15, 0.2) is 11.4 Å². The Bertz CT molecular complexity index is 749. The normalized spacial score (nSPS) is 10.8. The number of carbonyl (C=O) groups excluding carboxylic acids is 1. The van der Waals surface area contributed by atoms with Gasteiger partial charge < -0.3 is 9.15 Å². The standard InChI is InChI=1S/C12H8ClN3O3/c1-18-12(17)7-5-8(13)10-14-15-11(16(10)6-7)9-3-2-4-19-9/h2-6H,1H3. The quantitative estimate of drug-likeness (QED) is 0.673. The van der Waals surface area contributed by atoms with Crippen molar-refractivity contribution in [3.05, 3.63) is 41.2 Å². The zero-order chi connectivity index (χ0) is 13.4. The van der Waals surface area contributed by atoms with Gasteiger partial charge in [-0.1, -0.05) is 11.6 Å². The van der Waals surface area contributed by atoms with Gasteiger partial charge in [0.2, 0.25) is 5.82 Å². The Labute approximate surface area is 112 Å². The number of hydrogen-bond acceptors (Lipinski definition) is 5. The maximum absolute atomic E-state index is 11.6. The molecule has 0 saturated heterocycles. The minimum absolute atomic E-state index is 0.313. The summed E-state index contributed by atoms with van der Waals surface area (Å²) in [7, 11) is 1.31. The minimum Gasteiger partial charge on any atom is -0.465 e. The number of carbonyl (C=O) groups is 1. The first-order chi connectivity index (χ1) is 9.20. The number of esters is 1. The number of ether oxygens (including phenoxy) is 1. The molecule has 0 amide bonds. The molecule has 7 heteroatoms. The molecule has 0 fully saturated rings. The van der Waals surface area contributed by atoms with Crippen LogP contribution < -0.4 is 0 Å². The number of hydrogen-bond donors (Lipinski definition) is 0. The number of rotatable bonds is 2. The fraction of sp³-hybridized carbons (Fsp3) is 0.0833. The number of methoxy groups -OCH3 is 1. The fourth-order valence-corrected chi connectivity index (χ4v) is 2.00. The van der Waals surface area contributed by atoms with Crippen molar-refractivity contribution < 1.29 is 13.9 Å². The third-order valence-electron chi connectivity index (χ3n) is 2.62. The van der Waals surface area contributed by atoms with Crippen molar-refractivity contribution in [1.82, 2.24) is 14.6 Å². The maximum atomic E-state index is 11.6. The lowest BCUT2D eigenvalue weighted by atomic mass is 10.3. The van der Waals surface area contributed by atoms with Crippen LogP contribution in [0.15, 0.2) is 35.1 Å². The van der Waals surface area contributed by atoms with Crippen LogP contribution in [0.1, 0.15) is 10.4 Å². The number of fused-ring (bicyclic) bond motifs is 1. The van der Waals surface area contributed by atoms with Crippen molar-refractivity contribution in [2.24, 2.45) is 0 Å². The molecular weight excluding hydrogens is 270 g/mol. The molecule has 0 aromatic carbocycles. The van der Waals surface area contributed by atoms with Crippen molar-refractivity contribution in [2.75, 3.05) is 7.11 Å². The van der Waals surface area contributed by atoms with E-state index in [1.807, 2.05) is 0 Å². The van der Waals surface area contributed by atoms with Gasteiger partial charge in [-0.25, -0.2) is 4.79 Å². The van der Waals surface area contributed by atoms with E-state index < -0.39 is 5.97 Å². The van der Waals surface area contributed by atoms with E-state index in [9.17, 15) is 4.79 Å². The Balaban J connectivity index is 2.26. The van der Waals surface area contributed by atoms with E-state index in [1.54, 1.807) is 22.7 Å². The molecule has 0 saturated carbocycles. The van der Waals surface area contributed by atoms with E-state index in [-0.39, 0.29) is 0 Å². The molecule has 3 aromatic heterocycles. The molecular formula is C12H8ClN3O3. The van der Waals surface area contributed by atoms with Crippen molar-refractivity contribution in [3.8, 4) is 11.6 Å². The van der Waals surface area contributed by atoms with Crippen molar-refractivity contribution in [1.29, 1.82) is 0 Å². The smallest absolute Gasteiger partial charge is 0.339 e. The highest BCUT2D eigenvalue weighted by Crippen LogP contribution is 2.24. The highest BCUT2D eigenvalue weighted by atomic mass is 35.5. The lowest BCUT2D eigenvalue weighted by molar-refractivity contribution is 0.0600. The van der Waals surface area contributed by atoms with Gasteiger partial charge in [0, 0.05) is 6.20 Å². The highest BCUT2D eigenvalue weighted by Gasteiger charge is 2.16. The van der Waals surface area contributed by atoms with Crippen LogP contribution in [0.5, 0.6) is 0 Å². The van der Waals surface area contributed by atoms with Crippen molar-refractivity contribution in [2.45, 2.75) is 0 Å². The summed E-state index contributed by atoms with van der Waals surface area (Å²) in [6.45, 7) is 0. The second-order valence-corrected chi connectivity index (χ2v) is 4.17.